The summed E-state index contributed by atoms with van der Waals surface area (Å²) in [4.78, 5) is 15.0. The van der Waals surface area contributed by atoms with Crippen molar-refractivity contribution in [3.63, 3.8) is 0 Å². The molecule has 0 N–H and O–H groups in total. The maximum atomic E-state index is 13.2. The van der Waals surface area contributed by atoms with Crippen LogP contribution in [0.5, 0.6) is 0 Å². The number of anilines is 2. The number of carbonyl (C=O) groups excluding carboxylic acids is 1. The van der Waals surface area contributed by atoms with E-state index in [9.17, 15) is 4.79 Å². The lowest BCUT2D eigenvalue weighted by atomic mass is 9.87. The Labute approximate surface area is 135 Å². The molecule has 3 heteroatoms. The molecule has 3 aromatic rings. The van der Waals surface area contributed by atoms with E-state index in [1.54, 1.807) is 12.5 Å². The number of furan rings is 1. The number of aryl methyl sites for hydroxylation is 1. The van der Waals surface area contributed by atoms with E-state index in [1.807, 2.05) is 60.4 Å². The molecule has 4 rings (SSSR count). The zero-order chi connectivity index (χ0) is 15.8. The van der Waals surface area contributed by atoms with E-state index in [1.165, 1.54) is 11.1 Å². The summed E-state index contributed by atoms with van der Waals surface area (Å²) >= 11 is 0. The van der Waals surface area contributed by atoms with Crippen LogP contribution in [0.25, 0.3) is 0 Å². The van der Waals surface area contributed by atoms with Gasteiger partial charge in [-0.3, -0.25) is 9.69 Å². The van der Waals surface area contributed by atoms with Gasteiger partial charge in [-0.15, -0.1) is 0 Å². The molecule has 1 amide bonds. The highest BCUT2D eigenvalue weighted by Crippen LogP contribution is 2.39. The number of hydrogen-bond acceptors (Lipinski definition) is 2. The van der Waals surface area contributed by atoms with Crippen molar-refractivity contribution in [1.29, 1.82) is 0 Å². The second-order valence-electron chi connectivity index (χ2n) is 5.95. The topological polar surface area (TPSA) is 33.5 Å². The van der Waals surface area contributed by atoms with Crippen LogP contribution in [0.4, 0.5) is 11.4 Å². The quantitative estimate of drug-likeness (QED) is 0.693. The zero-order valence-electron chi connectivity index (χ0n) is 12.9. The van der Waals surface area contributed by atoms with Gasteiger partial charge < -0.3 is 4.42 Å². The summed E-state index contributed by atoms with van der Waals surface area (Å²) in [6.07, 6.45) is 4.00. The molecule has 1 atom stereocenters. The summed E-state index contributed by atoms with van der Waals surface area (Å²) in [5.41, 5.74) is 5.17. The van der Waals surface area contributed by atoms with Crippen LogP contribution in [-0.4, -0.2) is 5.91 Å². The highest BCUT2D eigenvalue weighted by atomic mass is 16.3. The Morgan fingerprint density at radius 2 is 1.83 bits per heavy atom. The molecule has 2 heterocycles. The van der Waals surface area contributed by atoms with E-state index < -0.39 is 0 Å². The predicted octanol–water partition coefficient (Wildman–Crippen LogP) is 4.59. The Morgan fingerprint density at radius 1 is 1.04 bits per heavy atom. The Bertz CT molecular complexity index is 834. The standard InChI is InChI=1S/C20H17NO2/c1-14-6-8-17(9-7-14)21-19-5-3-2-4-15(19)12-18(20(21)22)16-10-11-23-13-16/h2-11,13,18H,12H2,1H3. The highest BCUT2D eigenvalue weighted by Gasteiger charge is 2.35. The van der Waals surface area contributed by atoms with Crippen LogP contribution < -0.4 is 4.90 Å². The van der Waals surface area contributed by atoms with Crippen molar-refractivity contribution in [1.82, 2.24) is 0 Å². The van der Waals surface area contributed by atoms with Gasteiger partial charge in [0.25, 0.3) is 0 Å². The fourth-order valence-electron chi connectivity index (χ4n) is 3.18. The first-order valence-corrected chi connectivity index (χ1v) is 7.74. The molecule has 0 fully saturated rings. The molecule has 1 aliphatic heterocycles. The fourth-order valence-corrected chi connectivity index (χ4v) is 3.18. The molecule has 114 valence electrons. The van der Waals surface area contributed by atoms with Gasteiger partial charge in [0.1, 0.15) is 0 Å². The molecule has 2 aromatic carbocycles. The van der Waals surface area contributed by atoms with Crippen molar-refractivity contribution in [2.45, 2.75) is 19.3 Å². The molecular formula is C20H17NO2. The first kappa shape index (κ1) is 13.8. The van der Waals surface area contributed by atoms with Crippen LogP contribution in [0.3, 0.4) is 0 Å². The van der Waals surface area contributed by atoms with E-state index in [0.717, 1.165) is 16.9 Å². The summed E-state index contributed by atoms with van der Waals surface area (Å²) < 4.78 is 5.19. The van der Waals surface area contributed by atoms with Gasteiger partial charge in [-0.2, -0.15) is 0 Å². The van der Waals surface area contributed by atoms with E-state index >= 15 is 0 Å². The third-order valence-corrected chi connectivity index (χ3v) is 4.41. The van der Waals surface area contributed by atoms with Crippen LogP contribution >= 0.6 is 0 Å². The van der Waals surface area contributed by atoms with E-state index in [2.05, 4.69) is 6.07 Å². The molecule has 0 saturated carbocycles. The van der Waals surface area contributed by atoms with E-state index in [-0.39, 0.29) is 11.8 Å². The molecule has 0 saturated heterocycles. The molecule has 0 bridgehead atoms. The average molecular weight is 303 g/mol. The Kier molecular flexibility index (Phi) is 3.27. The summed E-state index contributed by atoms with van der Waals surface area (Å²) in [6.45, 7) is 2.05. The largest absolute Gasteiger partial charge is 0.472 e. The lowest BCUT2D eigenvalue weighted by Crippen LogP contribution is -2.36. The molecule has 0 radical (unpaired) electrons. The van der Waals surface area contributed by atoms with Gasteiger partial charge in [0, 0.05) is 11.3 Å². The van der Waals surface area contributed by atoms with Crippen molar-refractivity contribution >= 4 is 17.3 Å². The van der Waals surface area contributed by atoms with Crippen LogP contribution in [0.1, 0.15) is 22.6 Å². The summed E-state index contributed by atoms with van der Waals surface area (Å²) in [6, 6.07) is 18.1. The molecule has 1 unspecified atom stereocenters. The van der Waals surface area contributed by atoms with Gasteiger partial charge in [-0.1, -0.05) is 35.9 Å². The Morgan fingerprint density at radius 3 is 2.57 bits per heavy atom. The summed E-state index contributed by atoms with van der Waals surface area (Å²) in [5, 5.41) is 0. The Balaban J connectivity index is 1.85. The number of fused-ring (bicyclic) bond motifs is 1. The van der Waals surface area contributed by atoms with Crippen LogP contribution in [0.2, 0.25) is 0 Å². The second kappa shape index (κ2) is 5.43. The second-order valence-corrected chi connectivity index (χ2v) is 5.95. The smallest absolute Gasteiger partial charge is 0.239 e. The molecule has 1 aromatic heterocycles. The maximum absolute atomic E-state index is 13.2. The SMILES string of the molecule is Cc1ccc(N2C(=O)C(c3ccoc3)Cc3ccccc32)cc1. The molecule has 0 aliphatic carbocycles. The average Bonchev–Trinajstić information content (AvgIpc) is 3.10. The van der Waals surface area contributed by atoms with Gasteiger partial charge in [-0.05, 0) is 43.2 Å². The van der Waals surface area contributed by atoms with Gasteiger partial charge in [0.2, 0.25) is 5.91 Å². The number of amides is 1. The number of rotatable bonds is 2. The third kappa shape index (κ3) is 2.34. The zero-order valence-corrected chi connectivity index (χ0v) is 12.9. The number of hydrogen-bond donors (Lipinski definition) is 0. The monoisotopic (exact) mass is 303 g/mol. The normalized spacial score (nSPS) is 17.2. The van der Waals surface area contributed by atoms with Crippen molar-refractivity contribution in [3.05, 3.63) is 83.8 Å². The third-order valence-electron chi connectivity index (χ3n) is 4.41. The van der Waals surface area contributed by atoms with Crippen LogP contribution in [-0.2, 0) is 11.2 Å². The maximum Gasteiger partial charge on any atom is 0.239 e. The van der Waals surface area contributed by atoms with Crippen molar-refractivity contribution < 1.29 is 9.21 Å². The summed E-state index contributed by atoms with van der Waals surface area (Å²) in [5.74, 6) is -0.112. The van der Waals surface area contributed by atoms with Gasteiger partial charge in [-0.25, -0.2) is 0 Å². The minimum atomic E-state index is -0.204. The van der Waals surface area contributed by atoms with Gasteiger partial charge >= 0.3 is 0 Å². The molecular weight excluding hydrogens is 286 g/mol. The fraction of sp³-hybridized carbons (Fsp3) is 0.150. The lowest BCUT2D eigenvalue weighted by molar-refractivity contribution is -0.119. The first-order chi connectivity index (χ1) is 11.2. The first-order valence-electron chi connectivity index (χ1n) is 7.74. The minimum Gasteiger partial charge on any atom is -0.472 e. The van der Waals surface area contributed by atoms with Crippen molar-refractivity contribution in [2.75, 3.05) is 4.90 Å². The van der Waals surface area contributed by atoms with Crippen LogP contribution in [0, 0.1) is 6.92 Å². The number of carbonyl (C=O) groups is 1. The number of nitrogens with zero attached hydrogens (tertiary/aromatic N) is 1. The Hall–Kier alpha value is -2.81. The number of benzene rings is 2. The van der Waals surface area contributed by atoms with Gasteiger partial charge in [0.15, 0.2) is 0 Å². The van der Waals surface area contributed by atoms with E-state index in [0.29, 0.717) is 6.42 Å². The minimum absolute atomic E-state index is 0.0916. The number of para-hydroxylation sites is 1. The van der Waals surface area contributed by atoms with Gasteiger partial charge in [0.05, 0.1) is 24.1 Å². The van der Waals surface area contributed by atoms with Crippen LogP contribution in [0.15, 0.2) is 71.5 Å². The van der Waals surface area contributed by atoms with Crippen molar-refractivity contribution in [3.8, 4) is 0 Å². The molecule has 1 aliphatic rings. The summed E-state index contributed by atoms with van der Waals surface area (Å²) in [7, 11) is 0. The lowest BCUT2D eigenvalue weighted by Gasteiger charge is -2.34. The molecule has 3 nitrogen and oxygen atoms in total. The molecule has 0 spiro atoms. The predicted molar refractivity (Wildman–Crippen MR) is 89.9 cm³/mol. The highest BCUT2D eigenvalue weighted by molar-refractivity contribution is 6.06. The van der Waals surface area contributed by atoms with Crippen molar-refractivity contribution in [2.24, 2.45) is 0 Å². The van der Waals surface area contributed by atoms with E-state index in [4.69, 9.17) is 4.42 Å². The molecule has 23 heavy (non-hydrogen) atoms.